The molecule has 0 fully saturated rings. The molecule has 3 aromatic rings. The van der Waals surface area contributed by atoms with Gasteiger partial charge in [-0.15, -0.1) is 0 Å². The molecule has 0 saturated heterocycles. The molecule has 0 heterocycles. The van der Waals surface area contributed by atoms with E-state index in [2.05, 4.69) is 21.2 Å². The molecule has 3 aromatic carbocycles. The molecule has 0 bridgehead atoms. The lowest BCUT2D eigenvalue weighted by Gasteiger charge is -2.09. The number of carbonyl (C=O) groups is 2. The van der Waals surface area contributed by atoms with Crippen molar-refractivity contribution in [3.05, 3.63) is 88.4 Å². The highest BCUT2D eigenvalue weighted by atomic mass is 79.9. The quantitative estimate of drug-likeness (QED) is 0.648. The molecular formula is C20H14BrNO3. The van der Waals surface area contributed by atoms with Crippen molar-refractivity contribution in [2.45, 2.75) is 0 Å². The smallest absolute Gasteiger partial charge is 0.336 e. The Balaban J connectivity index is 1.90. The first-order valence-corrected chi connectivity index (χ1v) is 8.33. The van der Waals surface area contributed by atoms with Crippen molar-refractivity contribution in [3.8, 4) is 11.1 Å². The Labute approximate surface area is 153 Å². The van der Waals surface area contributed by atoms with Crippen LogP contribution >= 0.6 is 15.9 Å². The highest BCUT2D eigenvalue weighted by Crippen LogP contribution is 2.25. The molecule has 5 heteroatoms. The van der Waals surface area contributed by atoms with Gasteiger partial charge in [0.15, 0.2) is 0 Å². The number of anilines is 1. The van der Waals surface area contributed by atoms with E-state index in [9.17, 15) is 14.7 Å². The number of carboxylic acids is 1. The van der Waals surface area contributed by atoms with Crippen molar-refractivity contribution >= 4 is 33.5 Å². The molecule has 0 saturated carbocycles. The first-order valence-electron chi connectivity index (χ1n) is 7.54. The number of carbonyl (C=O) groups excluding carboxylic acids is 1. The molecule has 0 unspecified atom stereocenters. The number of nitrogens with one attached hydrogen (secondary N) is 1. The Morgan fingerprint density at radius 1 is 0.880 bits per heavy atom. The van der Waals surface area contributed by atoms with Crippen LogP contribution in [0.3, 0.4) is 0 Å². The summed E-state index contributed by atoms with van der Waals surface area (Å²) < 4.78 is 0.928. The first-order chi connectivity index (χ1) is 12.0. The first kappa shape index (κ1) is 16.9. The number of benzene rings is 3. The van der Waals surface area contributed by atoms with Crippen LogP contribution in [0.5, 0.6) is 0 Å². The van der Waals surface area contributed by atoms with Crippen molar-refractivity contribution in [1.29, 1.82) is 0 Å². The lowest BCUT2D eigenvalue weighted by Crippen LogP contribution is -2.11. The van der Waals surface area contributed by atoms with Crippen LogP contribution in [-0.2, 0) is 0 Å². The van der Waals surface area contributed by atoms with E-state index < -0.39 is 5.97 Å². The highest BCUT2D eigenvalue weighted by molar-refractivity contribution is 9.10. The van der Waals surface area contributed by atoms with E-state index in [1.54, 1.807) is 60.7 Å². The molecule has 0 aromatic heterocycles. The lowest BCUT2D eigenvalue weighted by atomic mass is 9.98. The van der Waals surface area contributed by atoms with E-state index in [0.717, 1.165) is 4.47 Å². The molecule has 124 valence electrons. The van der Waals surface area contributed by atoms with Crippen LogP contribution in [0.4, 0.5) is 5.69 Å². The van der Waals surface area contributed by atoms with E-state index in [1.165, 1.54) is 0 Å². The Bertz CT molecular complexity index is 936. The fourth-order valence-corrected chi connectivity index (χ4v) is 2.75. The van der Waals surface area contributed by atoms with Gasteiger partial charge < -0.3 is 10.4 Å². The van der Waals surface area contributed by atoms with Gasteiger partial charge in [-0.2, -0.15) is 0 Å². The zero-order chi connectivity index (χ0) is 17.8. The minimum atomic E-state index is -1.000. The predicted molar refractivity (Wildman–Crippen MR) is 101 cm³/mol. The van der Waals surface area contributed by atoms with Crippen molar-refractivity contribution < 1.29 is 14.7 Å². The monoisotopic (exact) mass is 395 g/mol. The summed E-state index contributed by atoms with van der Waals surface area (Å²) in [5.74, 6) is -1.25. The van der Waals surface area contributed by atoms with Gasteiger partial charge in [-0.1, -0.05) is 46.3 Å². The maximum absolute atomic E-state index is 12.5. The van der Waals surface area contributed by atoms with Gasteiger partial charge in [0.1, 0.15) is 0 Å². The number of hydrogen-bond donors (Lipinski definition) is 2. The molecule has 4 nitrogen and oxygen atoms in total. The number of hydrogen-bond acceptors (Lipinski definition) is 2. The average molecular weight is 396 g/mol. The fourth-order valence-electron chi connectivity index (χ4n) is 2.49. The van der Waals surface area contributed by atoms with Crippen LogP contribution in [0.15, 0.2) is 77.3 Å². The summed E-state index contributed by atoms with van der Waals surface area (Å²) in [4.78, 5) is 23.9. The number of rotatable bonds is 4. The molecule has 3 rings (SSSR count). The molecular weight excluding hydrogens is 382 g/mol. The topological polar surface area (TPSA) is 66.4 Å². The fraction of sp³-hybridized carbons (Fsp3) is 0. The van der Waals surface area contributed by atoms with E-state index in [0.29, 0.717) is 22.4 Å². The third-order valence-electron chi connectivity index (χ3n) is 3.70. The molecule has 0 aliphatic carbocycles. The zero-order valence-electron chi connectivity index (χ0n) is 13.1. The van der Waals surface area contributed by atoms with Gasteiger partial charge in [-0.25, -0.2) is 4.79 Å². The van der Waals surface area contributed by atoms with Gasteiger partial charge in [-0.05, 0) is 53.6 Å². The second-order valence-electron chi connectivity index (χ2n) is 5.39. The lowest BCUT2D eigenvalue weighted by molar-refractivity contribution is 0.0697. The highest BCUT2D eigenvalue weighted by Gasteiger charge is 2.13. The van der Waals surface area contributed by atoms with Gasteiger partial charge in [0, 0.05) is 15.7 Å². The summed E-state index contributed by atoms with van der Waals surface area (Å²) in [6.07, 6.45) is 0. The Morgan fingerprint density at radius 3 is 2.32 bits per heavy atom. The average Bonchev–Trinajstić information content (AvgIpc) is 2.63. The molecule has 2 N–H and O–H groups in total. The molecule has 25 heavy (non-hydrogen) atoms. The minimum absolute atomic E-state index is 0.202. The third-order valence-corrected chi connectivity index (χ3v) is 4.22. The Kier molecular flexibility index (Phi) is 4.95. The molecule has 0 radical (unpaired) electrons. The largest absolute Gasteiger partial charge is 0.478 e. The summed E-state index contributed by atoms with van der Waals surface area (Å²) in [7, 11) is 0. The van der Waals surface area contributed by atoms with E-state index in [-0.39, 0.29) is 11.5 Å². The molecule has 0 spiro atoms. The SMILES string of the molecule is O=C(Nc1ccc(Br)cc1)c1cccc(-c2ccccc2C(=O)O)c1. The Morgan fingerprint density at radius 2 is 1.60 bits per heavy atom. The molecule has 0 aliphatic rings. The summed E-state index contributed by atoms with van der Waals surface area (Å²) >= 11 is 3.35. The minimum Gasteiger partial charge on any atom is -0.478 e. The van der Waals surface area contributed by atoms with Gasteiger partial charge in [0.2, 0.25) is 0 Å². The van der Waals surface area contributed by atoms with Crippen LogP contribution in [0, 0.1) is 0 Å². The number of halogens is 1. The van der Waals surface area contributed by atoms with Crippen molar-refractivity contribution in [3.63, 3.8) is 0 Å². The predicted octanol–water partition coefficient (Wildman–Crippen LogP) is 5.07. The van der Waals surface area contributed by atoms with Crippen LogP contribution in [0.1, 0.15) is 20.7 Å². The zero-order valence-corrected chi connectivity index (χ0v) is 14.7. The number of amides is 1. The normalized spacial score (nSPS) is 10.3. The Hall–Kier alpha value is -2.92. The second-order valence-corrected chi connectivity index (χ2v) is 6.31. The van der Waals surface area contributed by atoms with Crippen LogP contribution in [0.2, 0.25) is 0 Å². The molecule has 0 aliphatic heterocycles. The van der Waals surface area contributed by atoms with Crippen LogP contribution in [-0.4, -0.2) is 17.0 Å². The van der Waals surface area contributed by atoms with Crippen molar-refractivity contribution in [2.75, 3.05) is 5.32 Å². The summed E-state index contributed by atoms with van der Waals surface area (Å²) in [6.45, 7) is 0. The van der Waals surface area contributed by atoms with E-state index in [4.69, 9.17) is 0 Å². The van der Waals surface area contributed by atoms with Gasteiger partial charge in [-0.3, -0.25) is 4.79 Å². The molecule has 0 atom stereocenters. The van der Waals surface area contributed by atoms with E-state index in [1.807, 2.05) is 12.1 Å². The van der Waals surface area contributed by atoms with E-state index >= 15 is 0 Å². The van der Waals surface area contributed by atoms with Gasteiger partial charge >= 0.3 is 5.97 Å². The van der Waals surface area contributed by atoms with Crippen LogP contribution in [0.25, 0.3) is 11.1 Å². The molecule has 1 amide bonds. The summed E-state index contributed by atoms with van der Waals surface area (Å²) in [6, 6.07) is 20.9. The second kappa shape index (κ2) is 7.32. The van der Waals surface area contributed by atoms with Gasteiger partial charge in [0.05, 0.1) is 5.56 Å². The summed E-state index contributed by atoms with van der Waals surface area (Å²) in [5.41, 5.74) is 2.60. The number of aromatic carboxylic acids is 1. The maximum atomic E-state index is 12.5. The third kappa shape index (κ3) is 3.95. The van der Waals surface area contributed by atoms with Crippen molar-refractivity contribution in [1.82, 2.24) is 0 Å². The van der Waals surface area contributed by atoms with Crippen molar-refractivity contribution in [2.24, 2.45) is 0 Å². The van der Waals surface area contributed by atoms with Crippen LogP contribution < -0.4 is 5.32 Å². The number of carboxylic acid groups (broad SMARTS) is 1. The maximum Gasteiger partial charge on any atom is 0.336 e. The summed E-state index contributed by atoms with van der Waals surface area (Å²) in [5, 5.41) is 12.2. The standard InChI is InChI=1S/C20H14BrNO3/c21-15-8-10-16(11-9-15)22-19(23)14-5-3-4-13(12-14)17-6-1-2-7-18(17)20(24)25/h1-12H,(H,22,23)(H,24,25). The van der Waals surface area contributed by atoms with Gasteiger partial charge in [0.25, 0.3) is 5.91 Å².